The summed E-state index contributed by atoms with van der Waals surface area (Å²) < 4.78 is 13.7. The third-order valence-corrected chi connectivity index (χ3v) is 5.61. The van der Waals surface area contributed by atoms with Crippen LogP contribution in [-0.2, 0) is 17.8 Å². The minimum Gasteiger partial charge on any atom is -0.454 e. The Bertz CT molecular complexity index is 1160. The normalized spacial score (nSPS) is 13.1. The molecule has 27 heavy (non-hydrogen) atoms. The van der Waals surface area contributed by atoms with E-state index in [1.54, 1.807) is 0 Å². The van der Waals surface area contributed by atoms with Gasteiger partial charge >= 0.3 is 0 Å². The highest BCUT2D eigenvalue weighted by Crippen LogP contribution is 2.32. The van der Waals surface area contributed by atoms with Crippen molar-refractivity contribution < 1.29 is 14.3 Å². The molecule has 0 N–H and O–H groups in total. The zero-order valence-corrected chi connectivity index (χ0v) is 15.9. The Labute approximate surface area is 160 Å². The van der Waals surface area contributed by atoms with E-state index < -0.39 is 0 Å². The summed E-state index contributed by atoms with van der Waals surface area (Å²) in [6, 6.07) is 9.70. The van der Waals surface area contributed by atoms with Gasteiger partial charge in [0.05, 0.1) is 23.2 Å². The number of benzene rings is 2. The summed E-state index contributed by atoms with van der Waals surface area (Å²) in [5.41, 5.74) is 4.17. The lowest BCUT2D eigenvalue weighted by Crippen LogP contribution is -2.17. The van der Waals surface area contributed by atoms with Crippen LogP contribution in [0, 0.1) is 26.2 Å². The largest absolute Gasteiger partial charge is 0.454 e. The highest BCUT2D eigenvalue weighted by atomic mass is 32.1. The van der Waals surface area contributed by atoms with E-state index in [0.29, 0.717) is 22.8 Å². The van der Waals surface area contributed by atoms with Gasteiger partial charge < -0.3 is 14.0 Å². The smallest absolute Gasteiger partial charge is 0.252 e. The average Bonchev–Trinajstić information content (AvgIpc) is 3.21. The number of terminal acetylenes is 1. The Morgan fingerprint density at radius 3 is 2.89 bits per heavy atom. The van der Waals surface area contributed by atoms with Gasteiger partial charge in [0.25, 0.3) is 5.91 Å². The molecule has 4 rings (SSSR count). The first-order valence-corrected chi connectivity index (χ1v) is 9.37. The summed E-state index contributed by atoms with van der Waals surface area (Å²) in [4.78, 5) is 17.5. The van der Waals surface area contributed by atoms with Crippen LogP contribution in [0.5, 0.6) is 11.5 Å². The van der Waals surface area contributed by atoms with Gasteiger partial charge in [-0.3, -0.25) is 4.79 Å². The molecule has 1 aromatic heterocycles. The molecule has 0 unspecified atom stereocenters. The van der Waals surface area contributed by atoms with Crippen LogP contribution in [-0.4, -0.2) is 17.3 Å². The molecule has 1 aliphatic rings. The van der Waals surface area contributed by atoms with Crippen LogP contribution in [0.15, 0.2) is 35.3 Å². The van der Waals surface area contributed by atoms with Crippen molar-refractivity contribution in [3.05, 3.63) is 51.8 Å². The van der Waals surface area contributed by atoms with Gasteiger partial charge in [0, 0.05) is 0 Å². The highest BCUT2D eigenvalue weighted by Gasteiger charge is 2.15. The molecule has 0 bridgehead atoms. The van der Waals surface area contributed by atoms with Crippen molar-refractivity contribution in [1.29, 1.82) is 0 Å². The van der Waals surface area contributed by atoms with Crippen molar-refractivity contribution >= 4 is 27.5 Å². The second-order valence-electron chi connectivity index (χ2n) is 6.47. The van der Waals surface area contributed by atoms with Gasteiger partial charge in [-0.05, 0) is 48.7 Å². The zero-order chi connectivity index (χ0) is 19.0. The van der Waals surface area contributed by atoms with Crippen molar-refractivity contribution in [2.45, 2.75) is 26.8 Å². The molecule has 1 amide bonds. The minimum absolute atomic E-state index is 0.193. The number of thiazole rings is 1. The predicted molar refractivity (Wildman–Crippen MR) is 105 cm³/mol. The molecule has 6 heteroatoms. The molecular formula is C21H18N2O3S. The third kappa shape index (κ3) is 3.34. The van der Waals surface area contributed by atoms with E-state index in [1.807, 2.05) is 29.7 Å². The number of nitrogens with zero attached hydrogens (tertiary/aromatic N) is 2. The van der Waals surface area contributed by atoms with E-state index in [0.717, 1.165) is 26.9 Å². The van der Waals surface area contributed by atoms with Gasteiger partial charge in [-0.25, -0.2) is 0 Å². The van der Waals surface area contributed by atoms with Crippen molar-refractivity contribution in [3.8, 4) is 23.8 Å². The van der Waals surface area contributed by atoms with Crippen LogP contribution < -0.4 is 14.3 Å². The van der Waals surface area contributed by atoms with Gasteiger partial charge in [0.15, 0.2) is 16.3 Å². The van der Waals surface area contributed by atoms with Crippen LogP contribution in [0.2, 0.25) is 0 Å². The second kappa shape index (κ2) is 6.93. The number of rotatable bonds is 3. The quantitative estimate of drug-likeness (QED) is 0.657. The summed E-state index contributed by atoms with van der Waals surface area (Å²) in [5.74, 6) is 3.80. The molecule has 5 nitrogen and oxygen atoms in total. The third-order valence-electron chi connectivity index (χ3n) is 4.38. The Hall–Kier alpha value is -3.04. The molecule has 0 radical (unpaired) electrons. The van der Waals surface area contributed by atoms with E-state index >= 15 is 0 Å². The number of fused-ring (bicyclic) bond motifs is 2. The van der Waals surface area contributed by atoms with Crippen molar-refractivity contribution in [2.24, 2.45) is 4.99 Å². The molecule has 0 spiro atoms. The first-order chi connectivity index (χ1) is 13.0. The van der Waals surface area contributed by atoms with E-state index in [2.05, 4.69) is 30.0 Å². The van der Waals surface area contributed by atoms with Gasteiger partial charge in [-0.1, -0.05) is 29.4 Å². The standard InChI is InChI=1S/C21H18N2O3S/c1-4-7-23-16-9-13(2)8-14(3)20(16)27-21(23)22-19(24)11-15-5-6-17-18(10-15)26-12-25-17/h1,5-6,8-10H,7,11-12H2,2-3H3. The van der Waals surface area contributed by atoms with Crippen LogP contribution in [0.4, 0.5) is 0 Å². The Morgan fingerprint density at radius 1 is 1.26 bits per heavy atom. The fourth-order valence-electron chi connectivity index (χ4n) is 3.21. The second-order valence-corrected chi connectivity index (χ2v) is 7.45. The Balaban J connectivity index is 1.71. The van der Waals surface area contributed by atoms with Gasteiger partial charge in [0.2, 0.25) is 6.79 Å². The molecule has 0 fully saturated rings. The summed E-state index contributed by atoms with van der Waals surface area (Å²) in [6.45, 7) is 4.69. The molecule has 0 aliphatic carbocycles. The van der Waals surface area contributed by atoms with Crippen molar-refractivity contribution in [3.63, 3.8) is 0 Å². The molecule has 2 aromatic carbocycles. The number of amides is 1. The lowest BCUT2D eigenvalue weighted by molar-refractivity contribution is -0.117. The van der Waals surface area contributed by atoms with Gasteiger partial charge in [-0.2, -0.15) is 4.99 Å². The summed E-state index contributed by atoms with van der Waals surface area (Å²) >= 11 is 1.49. The lowest BCUT2D eigenvalue weighted by Gasteiger charge is -2.03. The molecule has 3 aromatic rings. The van der Waals surface area contributed by atoms with E-state index in [4.69, 9.17) is 15.9 Å². The summed E-state index contributed by atoms with van der Waals surface area (Å²) in [5, 5.41) is 0. The lowest BCUT2D eigenvalue weighted by atomic mass is 10.1. The Morgan fingerprint density at radius 2 is 2.07 bits per heavy atom. The fourth-order valence-corrected chi connectivity index (χ4v) is 4.31. The van der Waals surface area contributed by atoms with Crippen LogP contribution in [0.1, 0.15) is 16.7 Å². The molecule has 0 atom stereocenters. The SMILES string of the molecule is C#CCn1c(=NC(=O)Cc2ccc3c(c2)OCO3)sc2c(C)cc(C)cc21. The maximum atomic E-state index is 12.6. The first-order valence-electron chi connectivity index (χ1n) is 8.55. The average molecular weight is 378 g/mol. The summed E-state index contributed by atoms with van der Waals surface area (Å²) in [7, 11) is 0. The van der Waals surface area contributed by atoms with Crippen molar-refractivity contribution in [2.75, 3.05) is 6.79 Å². The van der Waals surface area contributed by atoms with E-state index in [1.165, 1.54) is 11.3 Å². The first kappa shape index (κ1) is 17.4. The molecule has 136 valence electrons. The van der Waals surface area contributed by atoms with E-state index in [9.17, 15) is 4.79 Å². The van der Waals surface area contributed by atoms with Gasteiger partial charge in [-0.15, -0.1) is 6.42 Å². The highest BCUT2D eigenvalue weighted by molar-refractivity contribution is 7.16. The molecular weight excluding hydrogens is 360 g/mol. The fraction of sp³-hybridized carbons (Fsp3) is 0.238. The molecule has 1 aliphatic heterocycles. The number of hydrogen-bond donors (Lipinski definition) is 0. The number of carbonyl (C=O) groups excluding carboxylic acids is 1. The number of carbonyl (C=O) groups is 1. The van der Waals surface area contributed by atoms with Crippen LogP contribution >= 0.6 is 11.3 Å². The zero-order valence-electron chi connectivity index (χ0n) is 15.1. The topological polar surface area (TPSA) is 52.8 Å². The molecule has 0 saturated carbocycles. The number of aromatic nitrogens is 1. The predicted octanol–water partition coefficient (Wildman–Crippen LogP) is 3.35. The maximum absolute atomic E-state index is 12.6. The number of ether oxygens (including phenoxy) is 2. The van der Waals surface area contributed by atoms with Crippen LogP contribution in [0.25, 0.3) is 10.2 Å². The van der Waals surface area contributed by atoms with E-state index in [-0.39, 0.29) is 19.1 Å². The maximum Gasteiger partial charge on any atom is 0.252 e. The van der Waals surface area contributed by atoms with Gasteiger partial charge in [0.1, 0.15) is 0 Å². The van der Waals surface area contributed by atoms with Crippen LogP contribution in [0.3, 0.4) is 0 Å². The monoisotopic (exact) mass is 378 g/mol. The Kier molecular flexibility index (Phi) is 4.46. The number of hydrogen-bond acceptors (Lipinski definition) is 4. The summed E-state index contributed by atoms with van der Waals surface area (Å²) in [6.07, 6.45) is 5.74. The number of aryl methyl sites for hydroxylation is 2. The minimum atomic E-state index is -0.222. The molecule has 2 heterocycles. The molecule has 0 saturated heterocycles. The van der Waals surface area contributed by atoms with Crippen molar-refractivity contribution in [1.82, 2.24) is 4.57 Å².